The summed E-state index contributed by atoms with van der Waals surface area (Å²) in [5.41, 5.74) is 3.93. The van der Waals surface area contributed by atoms with E-state index in [0.717, 1.165) is 66.8 Å². The first kappa shape index (κ1) is 21.7. The number of aryl methyl sites for hydroxylation is 3. The maximum atomic E-state index is 12.4. The van der Waals surface area contributed by atoms with Crippen LogP contribution >= 0.6 is 11.3 Å². The van der Waals surface area contributed by atoms with Crippen LogP contribution in [-0.2, 0) is 11.3 Å². The molecule has 3 heterocycles. The van der Waals surface area contributed by atoms with Crippen LogP contribution in [0, 0.1) is 20.8 Å². The molecule has 0 saturated carbocycles. The fourth-order valence-corrected chi connectivity index (χ4v) is 5.08. The quantitative estimate of drug-likeness (QED) is 0.588. The first-order chi connectivity index (χ1) is 15.0. The number of nitrogens with one attached hydrogen (secondary N) is 2. The third-order valence-electron chi connectivity index (χ3n) is 5.60. The fourth-order valence-electron chi connectivity index (χ4n) is 3.86. The molecule has 164 valence electrons. The van der Waals surface area contributed by atoms with E-state index in [-0.39, 0.29) is 5.91 Å². The molecule has 1 saturated heterocycles. The second-order valence-corrected chi connectivity index (χ2v) is 8.91. The Kier molecular flexibility index (Phi) is 6.80. The van der Waals surface area contributed by atoms with E-state index in [4.69, 9.17) is 4.74 Å². The molecule has 1 fully saturated rings. The van der Waals surface area contributed by atoms with Crippen molar-refractivity contribution in [2.24, 2.45) is 0 Å². The Morgan fingerprint density at radius 2 is 1.87 bits per heavy atom. The molecule has 31 heavy (non-hydrogen) atoms. The van der Waals surface area contributed by atoms with Gasteiger partial charge in [-0.2, -0.15) is 0 Å². The van der Waals surface area contributed by atoms with Crippen molar-refractivity contribution < 1.29 is 9.53 Å². The zero-order valence-electron chi connectivity index (χ0n) is 18.3. The van der Waals surface area contributed by atoms with Gasteiger partial charge in [0, 0.05) is 59.9 Å². The van der Waals surface area contributed by atoms with Crippen LogP contribution < -0.4 is 10.6 Å². The number of benzene rings is 1. The molecule has 1 amide bonds. The van der Waals surface area contributed by atoms with Gasteiger partial charge >= 0.3 is 0 Å². The number of amides is 1. The van der Waals surface area contributed by atoms with Gasteiger partial charge in [-0.1, -0.05) is 0 Å². The third kappa shape index (κ3) is 5.20. The molecular weight excluding hydrogens is 410 g/mol. The van der Waals surface area contributed by atoms with Crippen molar-refractivity contribution in [2.75, 3.05) is 44.7 Å². The summed E-state index contributed by atoms with van der Waals surface area (Å²) < 4.78 is 5.35. The number of rotatable bonds is 7. The predicted octanol–water partition coefficient (Wildman–Crippen LogP) is 3.29. The molecule has 2 N–H and O–H groups in total. The summed E-state index contributed by atoms with van der Waals surface area (Å²) in [5, 5.41) is 7.63. The molecule has 4 rings (SSSR count). The van der Waals surface area contributed by atoms with Gasteiger partial charge in [-0.3, -0.25) is 9.69 Å². The van der Waals surface area contributed by atoms with Crippen molar-refractivity contribution >= 4 is 33.1 Å². The smallest absolute Gasteiger partial charge is 0.251 e. The largest absolute Gasteiger partial charge is 0.380 e. The lowest BCUT2D eigenvalue weighted by atomic mass is 10.1. The number of hydrogen-bond acceptors (Lipinski definition) is 7. The zero-order valence-corrected chi connectivity index (χ0v) is 19.1. The summed E-state index contributed by atoms with van der Waals surface area (Å²) in [6.07, 6.45) is 0. The normalized spacial score (nSPS) is 14.7. The number of hydrogen-bond donors (Lipinski definition) is 2. The van der Waals surface area contributed by atoms with Crippen LogP contribution in [-0.4, -0.2) is 60.2 Å². The summed E-state index contributed by atoms with van der Waals surface area (Å²) in [6.45, 7) is 11.7. The van der Waals surface area contributed by atoms with E-state index in [1.54, 1.807) is 11.3 Å². The number of anilines is 1. The number of morpholine rings is 1. The third-order valence-corrected chi connectivity index (χ3v) is 6.78. The predicted molar refractivity (Wildman–Crippen MR) is 125 cm³/mol. The molecule has 0 aliphatic carbocycles. The van der Waals surface area contributed by atoms with Crippen molar-refractivity contribution in [3.05, 3.63) is 51.8 Å². The Labute approximate surface area is 186 Å². The van der Waals surface area contributed by atoms with Gasteiger partial charge in [0.25, 0.3) is 5.91 Å². The lowest BCUT2D eigenvalue weighted by Gasteiger charge is -2.26. The average Bonchev–Trinajstić information content (AvgIpc) is 3.08. The first-order valence-corrected chi connectivity index (χ1v) is 11.5. The number of carbonyl (C=O) groups is 1. The van der Waals surface area contributed by atoms with Crippen molar-refractivity contribution in [3.8, 4) is 0 Å². The number of carbonyl (C=O) groups excluding carboxylic acids is 1. The van der Waals surface area contributed by atoms with Crippen LogP contribution in [0.25, 0.3) is 10.2 Å². The van der Waals surface area contributed by atoms with Crippen LogP contribution in [0.2, 0.25) is 0 Å². The maximum Gasteiger partial charge on any atom is 0.251 e. The van der Waals surface area contributed by atoms with Crippen LogP contribution in [0.1, 0.15) is 32.3 Å². The molecular formula is C23H29N5O2S. The summed E-state index contributed by atoms with van der Waals surface area (Å²) >= 11 is 1.71. The Bertz CT molecular complexity index is 1060. The van der Waals surface area contributed by atoms with E-state index in [0.29, 0.717) is 12.1 Å². The highest BCUT2D eigenvalue weighted by Gasteiger charge is 2.14. The first-order valence-electron chi connectivity index (χ1n) is 10.7. The number of nitrogens with zero attached hydrogens (tertiary/aromatic N) is 3. The van der Waals surface area contributed by atoms with Gasteiger partial charge in [0.1, 0.15) is 10.7 Å². The molecule has 0 unspecified atom stereocenters. The van der Waals surface area contributed by atoms with Crippen molar-refractivity contribution in [1.29, 1.82) is 0 Å². The fraction of sp³-hybridized carbons (Fsp3) is 0.435. The minimum atomic E-state index is -0.0374. The lowest BCUT2D eigenvalue weighted by molar-refractivity contribution is 0.0383. The highest BCUT2D eigenvalue weighted by molar-refractivity contribution is 7.18. The van der Waals surface area contributed by atoms with E-state index < -0.39 is 0 Å². The van der Waals surface area contributed by atoms with Gasteiger partial charge in [-0.15, -0.1) is 11.3 Å². The standard InChI is InChI=1S/C23H29N5O2S/c1-15-20(31-23-21(15)16(2)26-17(3)27-23)14-25-19-6-4-18(5-7-19)22(29)24-8-9-28-10-12-30-13-11-28/h4-7,25H,8-14H2,1-3H3,(H,24,29). The number of ether oxygens (including phenoxy) is 1. The Balaban J connectivity index is 1.31. The van der Waals surface area contributed by atoms with Crippen LogP contribution in [0.15, 0.2) is 24.3 Å². The van der Waals surface area contributed by atoms with E-state index in [2.05, 4.69) is 32.4 Å². The van der Waals surface area contributed by atoms with E-state index in [1.165, 1.54) is 10.4 Å². The zero-order chi connectivity index (χ0) is 21.8. The molecule has 1 aromatic carbocycles. The average molecular weight is 440 g/mol. The van der Waals surface area contributed by atoms with Crippen molar-refractivity contribution in [2.45, 2.75) is 27.3 Å². The second kappa shape index (κ2) is 9.72. The molecule has 0 spiro atoms. The molecule has 0 atom stereocenters. The highest BCUT2D eigenvalue weighted by Crippen LogP contribution is 2.31. The van der Waals surface area contributed by atoms with Crippen LogP contribution in [0.5, 0.6) is 0 Å². The lowest BCUT2D eigenvalue weighted by Crippen LogP contribution is -2.41. The monoisotopic (exact) mass is 439 g/mol. The molecule has 2 aromatic heterocycles. The van der Waals surface area contributed by atoms with Crippen LogP contribution in [0.4, 0.5) is 5.69 Å². The highest BCUT2D eigenvalue weighted by atomic mass is 32.1. The minimum Gasteiger partial charge on any atom is -0.380 e. The Hall–Kier alpha value is -2.55. The summed E-state index contributed by atoms with van der Waals surface area (Å²) in [4.78, 5) is 26.1. The van der Waals surface area contributed by atoms with E-state index >= 15 is 0 Å². The van der Waals surface area contributed by atoms with E-state index in [9.17, 15) is 4.79 Å². The minimum absolute atomic E-state index is 0.0374. The number of thiophene rings is 1. The van der Waals surface area contributed by atoms with Gasteiger partial charge in [0.05, 0.1) is 13.2 Å². The Morgan fingerprint density at radius 1 is 1.13 bits per heavy atom. The van der Waals surface area contributed by atoms with Gasteiger partial charge < -0.3 is 15.4 Å². The second-order valence-electron chi connectivity index (χ2n) is 7.83. The van der Waals surface area contributed by atoms with Crippen molar-refractivity contribution in [1.82, 2.24) is 20.2 Å². The topological polar surface area (TPSA) is 79.4 Å². The van der Waals surface area contributed by atoms with Crippen LogP contribution in [0.3, 0.4) is 0 Å². The summed E-state index contributed by atoms with van der Waals surface area (Å²) in [6, 6.07) is 7.63. The summed E-state index contributed by atoms with van der Waals surface area (Å²) in [7, 11) is 0. The molecule has 0 radical (unpaired) electrons. The molecule has 1 aliphatic rings. The molecule has 1 aliphatic heterocycles. The van der Waals surface area contributed by atoms with E-state index in [1.807, 2.05) is 38.1 Å². The number of aromatic nitrogens is 2. The summed E-state index contributed by atoms with van der Waals surface area (Å²) in [5.74, 6) is 0.772. The SMILES string of the molecule is Cc1nc(C)c2c(C)c(CNc3ccc(C(=O)NCCN4CCOCC4)cc3)sc2n1. The molecule has 3 aromatic rings. The molecule has 0 bridgehead atoms. The molecule has 8 heteroatoms. The van der Waals surface area contributed by atoms with Gasteiger partial charge in [-0.05, 0) is 50.6 Å². The van der Waals surface area contributed by atoms with Crippen molar-refractivity contribution in [3.63, 3.8) is 0 Å². The number of fused-ring (bicyclic) bond motifs is 1. The Morgan fingerprint density at radius 3 is 2.61 bits per heavy atom. The molecule has 7 nitrogen and oxygen atoms in total. The van der Waals surface area contributed by atoms with Gasteiger partial charge in [-0.25, -0.2) is 9.97 Å². The van der Waals surface area contributed by atoms with Gasteiger partial charge in [0.2, 0.25) is 0 Å². The van der Waals surface area contributed by atoms with Gasteiger partial charge in [0.15, 0.2) is 0 Å². The maximum absolute atomic E-state index is 12.4.